The first-order chi connectivity index (χ1) is 16.2. The molecule has 5 nitrogen and oxygen atoms in total. The smallest absolute Gasteiger partial charge is 0.216 e. The molecule has 0 atom stereocenters. The van der Waals surface area contributed by atoms with Crippen LogP contribution < -0.4 is 5.32 Å². The van der Waals surface area contributed by atoms with Crippen molar-refractivity contribution in [3.05, 3.63) is 75.9 Å². The maximum Gasteiger partial charge on any atom is 0.216 e. The summed E-state index contributed by atoms with van der Waals surface area (Å²) in [6.07, 6.45) is 1.52. The van der Waals surface area contributed by atoms with Gasteiger partial charge in [0.25, 0.3) is 0 Å². The van der Waals surface area contributed by atoms with Gasteiger partial charge in [0.15, 0.2) is 0 Å². The third kappa shape index (κ3) is 4.68. The van der Waals surface area contributed by atoms with Gasteiger partial charge in [-0.15, -0.1) is 12.6 Å². The standard InChI is InChI=1S/C26H26ClFN4OS/c1-14(2)19-10-17(5-6-18(19)26(33)34)23-12-24(31-13-30-23)29-7-8-32-15(3)9-20-16(4)22(28)11-21(27)25(20)32/h5-6,9-14H,7-8H2,1-4H3,(H,33,34)(H,29,30,31). The van der Waals surface area contributed by atoms with Crippen LogP contribution in [0.3, 0.4) is 0 Å². The van der Waals surface area contributed by atoms with E-state index in [2.05, 4.69) is 32.5 Å². The monoisotopic (exact) mass is 496 g/mol. The van der Waals surface area contributed by atoms with Gasteiger partial charge in [-0.25, -0.2) is 14.4 Å². The third-order valence-corrected chi connectivity index (χ3v) is 6.58. The minimum Gasteiger partial charge on any atom is -0.368 e. The zero-order chi connectivity index (χ0) is 24.6. The number of aryl methyl sites for hydroxylation is 2. The van der Waals surface area contributed by atoms with Crippen molar-refractivity contribution in [2.24, 2.45) is 0 Å². The van der Waals surface area contributed by atoms with Crippen molar-refractivity contribution in [2.45, 2.75) is 40.2 Å². The lowest BCUT2D eigenvalue weighted by Crippen LogP contribution is -2.12. The summed E-state index contributed by atoms with van der Waals surface area (Å²) >= 11 is 10.4. The Labute approximate surface area is 208 Å². The molecule has 8 heteroatoms. The van der Waals surface area contributed by atoms with Crippen LogP contribution in [0.25, 0.3) is 22.2 Å². The summed E-state index contributed by atoms with van der Waals surface area (Å²) in [5.41, 5.74) is 5.65. The first kappa shape index (κ1) is 24.2. The Hall–Kier alpha value is -2.90. The second-order valence-electron chi connectivity index (χ2n) is 8.64. The van der Waals surface area contributed by atoms with Crippen LogP contribution in [-0.4, -0.2) is 26.2 Å². The van der Waals surface area contributed by atoms with Gasteiger partial charge in [0.05, 0.1) is 16.2 Å². The van der Waals surface area contributed by atoms with E-state index >= 15 is 0 Å². The fraction of sp³-hybridized carbons (Fsp3) is 0.269. The molecular formula is C26H26ClFN4OS. The summed E-state index contributed by atoms with van der Waals surface area (Å²) in [6.45, 7) is 9.07. The van der Waals surface area contributed by atoms with E-state index in [4.69, 9.17) is 11.6 Å². The van der Waals surface area contributed by atoms with Gasteiger partial charge < -0.3 is 9.88 Å². The maximum atomic E-state index is 14.1. The van der Waals surface area contributed by atoms with E-state index in [0.29, 0.717) is 35.1 Å². The number of carbonyl (C=O) groups excluding carboxylic acids is 1. The van der Waals surface area contributed by atoms with Gasteiger partial charge >= 0.3 is 0 Å². The number of aromatic nitrogens is 3. The van der Waals surface area contributed by atoms with Crippen LogP contribution >= 0.6 is 24.2 Å². The Morgan fingerprint density at radius 3 is 2.65 bits per heavy atom. The number of nitrogens with zero attached hydrogens (tertiary/aromatic N) is 3. The molecule has 0 bridgehead atoms. The van der Waals surface area contributed by atoms with Crippen LogP contribution in [-0.2, 0) is 6.54 Å². The van der Waals surface area contributed by atoms with Crippen molar-refractivity contribution < 1.29 is 9.18 Å². The zero-order valence-corrected chi connectivity index (χ0v) is 21.1. The normalized spacial score (nSPS) is 11.4. The number of hydrogen-bond donors (Lipinski definition) is 2. The van der Waals surface area contributed by atoms with Crippen LogP contribution in [0, 0.1) is 19.7 Å². The Morgan fingerprint density at radius 2 is 1.94 bits per heavy atom. The lowest BCUT2D eigenvalue weighted by Gasteiger charge is -2.14. The van der Waals surface area contributed by atoms with E-state index in [1.54, 1.807) is 13.0 Å². The lowest BCUT2D eigenvalue weighted by atomic mass is 9.94. The van der Waals surface area contributed by atoms with Gasteiger partial charge in [0.1, 0.15) is 18.0 Å². The molecule has 2 heterocycles. The molecule has 4 aromatic rings. The van der Waals surface area contributed by atoms with Crippen LogP contribution in [0.1, 0.15) is 46.9 Å². The fourth-order valence-electron chi connectivity index (χ4n) is 4.23. The Kier molecular flexibility index (Phi) is 6.96. The molecular weight excluding hydrogens is 471 g/mol. The molecule has 0 saturated heterocycles. The first-order valence-corrected chi connectivity index (χ1v) is 11.9. The van der Waals surface area contributed by atoms with Crippen LogP contribution in [0.4, 0.5) is 10.2 Å². The second-order valence-corrected chi connectivity index (χ2v) is 9.46. The summed E-state index contributed by atoms with van der Waals surface area (Å²) in [6, 6.07) is 10.9. The largest absolute Gasteiger partial charge is 0.368 e. The van der Waals surface area contributed by atoms with E-state index < -0.39 is 0 Å². The predicted molar refractivity (Wildman–Crippen MR) is 140 cm³/mol. The number of fused-ring (bicyclic) bond motifs is 1. The highest BCUT2D eigenvalue weighted by Crippen LogP contribution is 2.32. The van der Waals surface area contributed by atoms with E-state index in [1.807, 2.05) is 45.0 Å². The zero-order valence-electron chi connectivity index (χ0n) is 19.5. The van der Waals surface area contributed by atoms with E-state index in [-0.39, 0.29) is 16.9 Å². The average Bonchev–Trinajstić information content (AvgIpc) is 3.14. The van der Waals surface area contributed by atoms with Crippen molar-refractivity contribution in [3.8, 4) is 11.3 Å². The molecule has 0 spiro atoms. The highest BCUT2D eigenvalue weighted by molar-refractivity contribution is 7.97. The number of benzene rings is 2. The molecule has 34 heavy (non-hydrogen) atoms. The Bertz CT molecular complexity index is 1400. The fourth-order valence-corrected chi connectivity index (χ4v) is 4.73. The number of carbonyl (C=O) groups is 1. The minimum atomic E-state index is -0.298. The molecule has 0 amide bonds. The minimum absolute atomic E-state index is 0.175. The van der Waals surface area contributed by atoms with Crippen molar-refractivity contribution in [3.63, 3.8) is 0 Å². The molecule has 0 saturated carbocycles. The molecule has 0 radical (unpaired) electrons. The summed E-state index contributed by atoms with van der Waals surface area (Å²) in [7, 11) is 0. The number of anilines is 1. The number of thiol groups is 1. The molecule has 0 aliphatic rings. The van der Waals surface area contributed by atoms with Crippen LogP contribution in [0.2, 0.25) is 5.02 Å². The van der Waals surface area contributed by atoms with Gasteiger partial charge in [-0.2, -0.15) is 0 Å². The summed E-state index contributed by atoms with van der Waals surface area (Å²) in [4.78, 5) is 20.6. The highest BCUT2D eigenvalue weighted by atomic mass is 35.5. The summed E-state index contributed by atoms with van der Waals surface area (Å²) < 4.78 is 16.2. The number of hydrogen-bond acceptors (Lipinski definition) is 4. The maximum absolute atomic E-state index is 14.1. The molecule has 0 unspecified atom stereocenters. The molecule has 4 rings (SSSR count). The van der Waals surface area contributed by atoms with Gasteiger partial charge in [0.2, 0.25) is 5.12 Å². The van der Waals surface area contributed by atoms with Gasteiger partial charge in [-0.1, -0.05) is 31.5 Å². The van der Waals surface area contributed by atoms with Crippen LogP contribution in [0.5, 0.6) is 0 Å². The second kappa shape index (κ2) is 9.76. The number of nitrogens with one attached hydrogen (secondary N) is 1. The molecule has 2 aromatic heterocycles. The van der Waals surface area contributed by atoms with E-state index in [9.17, 15) is 9.18 Å². The summed E-state index contributed by atoms with van der Waals surface area (Å²) in [5, 5.41) is 4.33. The molecule has 2 aromatic carbocycles. The van der Waals surface area contributed by atoms with Crippen molar-refractivity contribution in [1.82, 2.24) is 14.5 Å². The van der Waals surface area contributed by atoms with Gasteiger partial charge in [0, 0.05) is 41.4 Å². The molecule has 176 valence electrons. The SMILES string of the molecule is Cc1c(F)cc(Cl)c2c1cc(C)n2CCNc1cc(-c2ccc(C(=O)S)c(C(C)C)c2)ncn1. The molecule has 1 N–H and O–H groups in total. The number of rotatable bonds is 7. The first-order valence-electron chi connectivity index (χ1n) is 11.0. The van der Waals surface area contributed by atoms with Gasteiger partial charge in [-0.3, -0.25) is 4.79 Å². The molecule has 0 fully saturated rings. The van der Waals surface area contributed by atoms with Crippen LogP contribution in [0.15, 0.2) is 42.7 Å². The highest BCUT2D eigenvalue weighted by Gasteiger charge is 2.15. The van der Waals surface area contributed by atoms with E-state index in [0.717, 1.165) is 33.4 Å². The molecule has 0 aliphatic heterocycles. The third-order valence-electron chi connectivity index (χ3n) is 6.05. The quantitative estimate of drug-likeness (QED) is 0.276. The van der Waals surface area contributed by atoms with E-state index in [1.165, 1.54) is 12.4 Å². The summed E-state index contributed by atoms with van der Waals surface area (Å²) in [5.74, 6) is 0.565. The van der Waals surface area contributed by atoms with Crippen molar-refractivity contribution >= 4 is 46.1 Å². The predicted octanol–water partition coefficient (Wildman–Crippen LogP) is 6.81. The van der Waals surface area contributed by atoms with Gasteiger partial charge in [-0.05, 0) is 55.2 Å². The lowest BCUT2D eigenvalue weighted by molar-refractivity contribution is 0.109. The molecule has 0 aliphatic carbocycles. The number of halogens is 2. The topological polar surface area (TPSA) is 59.8 Å². The van der Waals surface area contributed by atoms with Crippen molar-refractivity contribution in [2.75, 3.05) is 11.9 Å². The van der Waals surface area contributed by atoms with Crippen molar-refractivity contribution in [1.29, 1.82) is 0 Å². The average molecular weight is 497 g/mol. The Morgan fingerprint density at radius 1 is 1.18 bits per heavy atom. The Balaban J connectivity index is 1.55.